The third-order valence-corrected chi connectivity index (χ3v) is 6.08. The Kier molecular flexibility index (Phi) is 3.31. The molecule has 1 aliphatic heterocycles. The molecule has 1 fully saturated rings. The monoisotopic (exact) mass is 467 g/mol. The number of nitrogens with zero attached hydrogens (tertiary/aromatic N) is 1. The number of halogens is 3. The van der Waals surface area contributed by atoms with Crippen LogP contribution in [0.4, 0.5) is 14.5 Å². The molecule has 1 aliphatic carbocycles. The highest BCUT2D eigenvalue weighted by atomic mass is 127. The minimum Gasteiger partial charge on any atom is -0.435 e. The molecule has 0 saturated heterocycles. The van der Waals surface area contributed by atoms with Gasteiger partial charge in [0.1, 0.15) is 9.45 Å². The van der Waals surface area contributed by atoms with E-state index in [1.165, 1.54) is 6.07 Å². The van der Waals surface area contributed by atoms with E-state index in [0.717, 1.165) is 25.7 Å². The molecule has 3 aromatic rings. The van der Waals surface area contributed by atoms with E-state index in [1.807, 2.05) is 18.2 Å². The standard InChI is InChI=1S/C18H12F2IN3O2/c19-17(20)26-9-2-4-13-11(6-9)18(16(25)22-13)7-12(18)8-1-3-10-14(5-8)23-24-15(10)21/h1-6,12,17H,7H2,(H,22,25)(H,23,24). The molecule has 5 rings (SSSR count). The van der Waals surface area contributed by atoms with Gasteiger partial charge in [-0.25, -0.2) is 0 Å². The van der Waals surface area contributed by atoms with Gasteiger partial charge in [0, 0.05) is 17.0 Å². The van der Waals surface area contributed by atoms with Gasteiger partial charge in [0.2, 0.25) is 5.91 Å². The molecule has 26 heavy (non-hydrogen) atoms. The van der Waals surface area contributed by atoms with Crippen molar-refractivity contribution in [3.63, 3.8) is 0 Å². The third kappa shape index (κ3) is 2.17. The summed E-state index contributed by atoms with van der Waals surface area (Å²) in [5.41, 5.74) is 2.63. The second kappa shape index (κ2) is 5.38. The average Bonchev–Trinajstić information content (AvgIpc) is 3.18. The number of aromatic amines is 1. The predicted molar refractivity (Wildman–Crippen MR) is 99.6 cm³/mol. The second-order valence-electron chi connectivity index (χ2n) is 6.59. The number of fused-ring (bicyclic) bond motifs is 3. The normalized spacial score (nSPS) is 23.5. The molecule has 2 heterocycles. The topological polar surface area (TPSA) is 67.0 Å². The second-order valence-corrected chi connectivity index (χ2v) is 7.61. The van der Waals surface area contributed by atoms with Gasteiger partial charge in [-0.1, -0.05) is 6.07 Å². The smallest absolute Gasteiger partial charge is 0.387 e. The molecule has 0 radical (unpaired) electrons. The van der Waals surface area contributed by atoms with Crippen LogP contribution in [0.5, 0.6) is 5.75 Å². The molecular weight excluding hydrogens is 455 g/mol. The third-order valence-electron chi connectivity index (χ3n) is 5.25. The van der Waals surface area contributed by atoms with E-state index in [9.17, 15) is 13.6 Å². The Bertz CT molecular complexity index is 1070. The maximum atomic E-state index is 12.7. The summed E-state index contributed by atoms with van der Waals surface area (Å²) >= 11 is 2.16. The average molecular weight is 467 g/mol. The van der Waals surface area contributed by atoms with E-state index in [0.29, 0.717) is 12.1 Å². The van der Waals surface area contributed by atoms with Gasteiger partial charge in [-0.15, -0.1) is 0 Å². The zero-order valence-electron chi connectivity index (χ0n) is 13.2. The lowest BCUT2D eigenvalue weighted by molar-refractivity contribution is -0.118. The van der Waals surface area contributed by atoms with Crippen molar-refractivity contribution in [2.45, 2.75) is 24.4 Å². The number of hydrogen-bond donors (Lipinski definition) is 2. The number of benzene rings is 2. The number of carbonyl (C=O) groups excluding carboxylic acids is 1. The molecular formula is C18H12F2IN3O2. The lowest BCUT2D eigenvalue weighted by Crippen LogP contribution is -2.21. The quantitative estimate of drug-likeness (QED) is 0.570. The molecule has 2 N–H and O–H groups in total. The maximum absolute atomic E-state index is 12.7. The largest absolute Gasteiger partial charge is 0.435 e. The molecule has 5 nitrogen and oxygen atoms in total. The van der Waals surface area contributed by atoms with E-state index in [2.05, 4.69) is 42.8 Å². The maximum Gasteiger partial charge on any atom is 0.387 e. The van der Waals surface area contributed by atoms with Crippen molar-refractivity contribution in [2.75, 3.05) is 5.32 Å². The molecule has 0 bridgehead atoms. The van der Waals surface area contributed by atoms with Crippen LogP contribution in [0.25, 0.3) is 10.9 Å². The number of anilines is 1. The van der Waals surface area contributed by atoms with Crippen molar-refractivity contribution in [3.05, 3.63) is 51.2 Å². The molecule has 1 spiro atoms. The number of hydrogen-bond acceptors (Lipinski definition) is 3. The Labute approximate surface area is 160 Å². The summed E-state index contributed by atoms with van der Waals surface area (Å²) in [7, 11) is 0. The first-order valence-corrected chi connectivity index (χ1v) is 9.11. The van der Waals surface area contributed by atoms with Crippen LogP contribution in [0.2, 0.25) is 0 Å². The number of nitrogens with one attached hydrogen (secondary N) is 2. The van der Waals surface area contributed by atoms with Crippen LogP contribution in [0.1, 0.15) is 23.5 Å². The minimum absolute atomic E-state index is 0.00379. The summed E-state index contributed by atoms with van der Waals surface area (Å²) in [6.45, 7) is -2.89. The van der Waals surface area contributed by atoms with Gasteiger partial charge in [0.15, 0.2) is 0 Å². The van der Waals surface area contributed by atoms with Gasteiger partial charge in [0.25, 0.3) is 0 Å². The molecule has 132 valence electrons. The molecule has 1 saturated carbocycles. The van der Waals surface area contributed by atoms with E-state index >= 15 is 0 Å². The fourth-order valence-electron chi connectivity index (χ4n) is 3.97. The summed E-state index contributed by atoms with van der Waals surface area (Å²) < 4.78 is 30.5. The molecule has 2 unspecified atom stereocenters. The van der Waals surface area contributed by atoms with Gasteiger partial charge < -0.3 is 10.1 Å². The van der Waals surface area contributed by atoms with Gasteiger partial charge in [-0.05, 0) is 70.5 Å². The van der Waals surface area contributed by atoms with Crippen LogP contribution in [0.3, 0.4) is 0 Å². The Morgan fingerprint density at radius 3 is 2.92 bits per heavy atom. The molecule has 1 aromatic heterocycles. The van der Waals surface area contributed by atoms with E-state index in [1.54, 1.807) is 12.1 Å². The Balaban J connectivity index is 1.55. The highest BCUT2D eigenvalue weighted by molar-refractivity contribution is 14.1. The van der Waals surface area contributed by atoms with Crippen LogP contribution in [-0.2, 0) is 10.2 Å². The lowest BCUT2D eigenvalue weighted by Gasteiger charge is -2.11. The highest BCUT2D eigenvalue weighted by Crippen LogP contribution is 2.65. The molecule has 1 amide bonds. The molecule has 2 aromatic carbocycles. The first-order chi connectivity index (χ1) is 12.5. The Hall–Kier alpha value is -2.23. The van der Waals surface area contributed by atoms with Crippen LogP contribution in [0, 0.1) is 3.70 Å². The number of aromatic nitrogens is 2. The number of H-pyrrole nitrogens is 1. The van der Waals surface area contributed by atoms with E-state index < -0.39 is 12.0 Å². The van der Waals surface area contributed by atoms with Gasteiger partial charge in [-0.3, -0.25) is 9.89 Å². The van der Waals surface area contributed by atoms with Crippen molar-refractivity contribution in [1.29, 1.82) is 0 Å². The number of rotatable bonds is 3. The van der Waals surface area contributed by atoms with Crippen LogP contribution >= 0.6 is 22.6 Å². The zero-order chi connectivity index (χ0) is 18.1. The first-order valence-electron chi connectivity index (χ1n) is 8.03. The van der Waals surface area contributed by atoms with Crippen LogP contribution in [-0.4, -0.2) is 22.7 Å². The summed E-state index contributed by atoms with van der Waals surface area (Å²) in [5.74, 6) is -0.0271. The predicted octanol–water partition coefficient (Wildman–Crippen LogP) is 4.15. The summed E-state index contributed by atoms with van der Waals surface area (Å²) in [4.78, 5) is 12.7. The Morgan fingerprint density at radius 1 is 1.27 bits per heavy atom. The van der Waals surface area contributed by atoms with Crippen molar-refractivity contribution in [2.24, 2.45) is 0 Å². The fourth-order valence-corrected chi connectivity index (χ4v) is 4.56. The molecule has 2 atom stereocenters. The van der Waals surface area contributed by atoms with Crippen molar-refractivity contribution >= 4 is 45.1 Å². The first kappa shape index (κ1) is 16.0. The summed E-state index contributed by atoms with van der Waals surface area (Å²) in [5, 5.41) is 11.1. The lowest BCUT2D eigenvalue weighted by atomic mass is 9.91. The van der Waals surface area contributed by atoms with Gasteiger partial charge in [0.05, 0.1) is 10.9 Å². The molecule has 8 heteroatoms. The Morgan fingerprint density at radius 2 is 2.12 bits per heavy atom. The number of alkyl halides is 2. The van der Waals surface area contributed by atoms with Gasteiger partial charge in [-0.2, -0.15) is 13.9 Å². The van der Waals surface area contributed by atoms with Gasteiger partial charge >= 0.3 is 6.61 Å². The van der Waals surface area contributed by atoms with Crippen molar-refractivity contribution in [1.82, 2.24) is 10.2 Å². The highest BCUT2D eigenvalue weighted by Gasteiger charge is 2.65. The van der Waals surface area contributed by atoms with Crippen molar-refractivity contribution < 1.29 is 18.3 Å². The van der Waals surface area contributed by atoms with Crippen LogP contribution < -0.4 is 10.1 Å². The number of amides is 1. The number of ether oxygens (including phenoxy) is 1. The fraction of sp³-hybridized carbons (Fsp3) is 0.222. The number of carbonyl (C=O) groups is 1. The summed E-state index contributed by atoms with van der Waals surface area (Å²) in [6.07, 6.45) is 0.640. The van der Waals surface area contributed by atoms with Crippen molar-refractivity contribution in [3.8, 4) is 5.75 Å². The van der Waals surface area contributed by atoms with Crippen LogP contribution in [0.15, 0.2) is 36.4 Å². The minimum atomic E-state index is -2.89. The zero-order valence-corrected chi connectivity index (χ0v) is 15.4. The molecule has 2 aliphatic rings. The van der Waals surface area contributed by atoms with E-state index in [4.69, 9.17) is 0 Å². The summed E-state index contributed by atoms with van der Waals surface area (Å²) in [6, 6.07) is 10.6. The SMILES string of the molecule is O=C1Nc2ccc(OC(F)F)cc2C12CC2c1ccc2c(I)n[nH]c2c1. The van der Waals surface area contributed by atoms with E-state index in [-0.39, 0.29) is 17.6 Å².